The maximum absolute atomic E-state index is 9.57. The minimum Gasteiger partial charge on any atom is -0.416 e. The zero-order valence-corrected chi connectivity index (χ0v) is 15.9. The molecule has 1 fully saturated rings. The van der Waals surface area contributed by atoms with E-state index in [1.165, 1.54) is 0 Å². The van der Waals surface area contributed by atoms with E-state index in [4.69, 9.17) is 19.3 Å². The molecular weight excluding hydrogens is 300 g/mol. The van der Waals surface area contributed by atoms with E-state index in [1.54, 1.807) is 0 Å². The van der Waals surface area contributed by atoms with Gasteiger partial charge in [-0.05, 0) is 23.0 Å². The SMILES string of the molecule is CC(C)[Si](OCC[C@@H]1C[C@H]([C@@H](O)CO)OO1)(C(C)C)C(C)C. The third kappa shape index (κ3) is 4.52. The van der Waals surface area contributed by atoms with Crippen LogP contribution < -0.4 is 0 Å². The van der Waals surface area contributed by atoms with Crippen LogP contribution in [0.25, 0.3) is 0 Å². The van der Waals surface area contributed by atoms with Crippen LogP contribution in [0.3, 0.4) is 0 Å². The maximum Gasteiger partial charge on any atom is 0.200 e. The molecule has 0 amide bonds. The van der Waals surface area contributed by atoms with Crippen LogP contribution in [-0.4, -0.2) is 50.1 Å². The maximum atomic E-state index is 9.57. The molecule has 1 saturated heterocycles. The van der Waals surface area contributed by atoms with Gasteiger partial charge in [-0.1, -0.05) is 41.5 Å². The number of aliphatic hydroxyl groups excluding tert-OH is 2. The van der Waals surface area contributed by atoms with Crippen molar-refractivity contribution in [2.75, 3.05) is 13.2 Å². The molecule has 0 aromatic heterocycles. The highest BCUT2D eigenvalue weighted by atomic mass is 28.4. The molecule has 132 valence electrons. The van der Waals surface area contributed by atoms with Crippen LogP contribution >= 0.6 is 0 Å². The quantitative estimate of drug-likeness (QED) is 0.501. The van der Waals surface area contributed by atoms with Gasteiger partial charge in [0.25, 0.3) is 0 Å². The summed E-state index contributed by atoms with van der Waals surface area (Å²) >= 11 is 0. The fourth-order valence-electron chi connectivity index (χ4n) is 3.86. The lowest BCUT2D eigenvalue weighted by Gasteiger charge is -2.42. The summed E-state index contributed by atoms with van der Waals surface area (Å²) in [5, 5.41) is 18.5. The van der Waals surface area contributed by atoms with Crippen LogP contribution in [0.2, 0.25) is 16.6 Å². The normalized spacial score (nSPS) is 24.7. The van der Waals surface area contributed by atoms with Gasteiger partial charge in [0.1, 0.15) is 12.2 Å². The predicted octanol–water partition coefficient (Wildman–Crippen LogP) is 3.01. The first kappa shape index (κ1) is 20.1. The highest BCUT2D eigenvalue weighted by Gasteiger charge is 2.45. The monoisotopic (exact) mass is 334 g/mol. The van der Waals surface area contributed by atoms with E-state index in [9.17, 15) is 5.11 Å². The Kier molecular flexibility index (Phi) is 7.98. The molecule has 6 heteroatoms. The Bertz CT molecular complexity index is 300. The summed E-state index contributed by atoms with van der Waals surface area (Å²) in [6.07, 6.45) is -0.0108. The molecule has 0 spiro atoms. The molecule has 1 heterocycles. The second kappa shape index (κ2) is 8.75. The lowest BCUT2D eigenvalue weighted by Crippen LogP contribution is -2.48. The topological polar surface area (TPSA) is 68.2 Å². The second-order valence-corrected chi connectivity index (χ2v) is 12.8. The van der Waals surface area contributed by atoms with E-state index in [0.717, 1.165) is 6.42 Å². The summed E-state index contributed by atoms with van der Waals surface area (Å²) in [7, 11) is -1.83. The van der Waals surface area contributed by atoms with E-state index in [1.807, 2.05) is 0 Å². The van der Waals surface area contributed by atoms with Crippen LogP contribution in [0.1, 0.15) is 54.4 Å². The van der Waals surface area contributed by atoms with E-state index in [2.05, 4.69) is 41.5 Å². The molecule has 1 rings (SSSR count). The largest absolute Gasteiger partial charge is 0.416 e. The number of hydrogen-bond donors (Lipinski definition) is 2. The zero-order chi connectivity index (χ0) is 16.9. The van der Waals surface area contributed by atoms with Gasteiger partial charge in [0.15, 0.2) is 8.32 Å². The molecule has 3 atom stereocenters. The van der Waals surface area contributed by atoms with Crippen LogP contribution in [-0.2, 0) is 14.2 Å². The summed E-state index contributed by atoms with van der Waals surface area (Å²) < 4.78 is 6.49. The highest BCUT2D eigenvalue weighted by Crippen LogP contribution is 2.42. The Morgan fingerprint density at radius 3 is 2.05 bits per heavy atom. The van der Waals surface area contributed by atoms with Crippen molar-refractivity contribution >= 4 is 8.32 Å². The van der Waals surface area contributed by atoms with Crippen molar-refractivity contribution in [2.24, 2.45) is 0 Å². The summed E-state index contributed by atoms with van der Waals surface area (Å²) in [6.45, 7) is 14.0. The molecule has 5 nitrogen and oxygen atoms in total. The molecule has 0 aromatic rings. The lowest BCUT2D eigenvalue weighted by atomic mass is 10.1. The Morgan fingerprint density at radius 2 is 1.59 bits per heavy atom. The average molecular weight is 335 g/mol. The van der Waals surface area contributed by atoms with Crippen LogP contribution in [0, 0.1) is 0 Å². The van der Waals surface area contributed by atoms with Crippen LogP contribution in [0.5, 0.6) is 0 Å². The number of rotatable bonds is 9. The first-order valence-electron chi connectivity index (χ1n) is 8.50. The molecule has 2 N–H and O–H groups in total. The van der Waals surface area contributed by atoms with E-state index < -0.39 is 20.5 Å². The minimum absolute atomic E-state index is 0.0654. The Balaban J connectivity index is 2.51. The summed E-state index contributed by atoms with van der Waals surface area (Å²) in [6, 6.07) is 0. The first-order chi connectivity index (χ1) is 10.3. The van der Waals surface area contributed by atoms with Crippen molar-refractivity contribution in [3.05, 3.63) is 0 Å². The van der Waals surface area contributed by atoms with Crippen molar-refractivity contribution in [1.82, 2.24) is 0 Å². The van der Waals surface area contributed by atoms with Gasteiger partial charge in [-0.15, -0.1) is 0 Å². The Hall–Kier alpha value is 0.0169. The molecule has 0 unspecified atom stereocenters. The van der Waals surface area contributed by atoms with Gasteiger partial charge in [0.2, 0.25) is 0 Å². The Morgan fingerprint density at radius 1 is 1.05 bits per heavy atom. The molecule has 0 saturated carbocycles. The summed E-state index contributed by atoms with van der Waals surface area (Å²) in [4.78, 5) is 10.3. The summed E-state index contributed by atoms with van der Waals surface area (Å²) in [5.74, 6) is 0. The standard InChI is InChI=1S/C16H34O5Si/c1-11(2)22(12(3)4,13(5)6)19-8-7-14-9-16(21-20-14)15(18)10-17/h11-18H,7-10H2,1-6H3/t14-,15+,16-/m1/s1. The third-order valence-corrected chi connectivity index (χ3v) is 11.0. The molecule has 0 bridgehead atoms. The molecule has 0 aromatic carbocycles. The van der Waals surface area contributed by atoms with Crippen molar-refractivity contribution < 1.29 is 24.4 Å². The molecule has 1 aliphatic heterocycles. The number of aliphatic hydroxyl groups is 2. The van der Waals surface area contributed by atoms with E-state index >= 15 is 0 Å². The van der Waals surface area contributed by atoms with Crippen molar-refractivity contribution in [2.45, 2.75) is 89.3 Å². The third-order valence-electron chi connectivity index (χ3n) is 4.93. The Labute approximate surface area is 136 Å². The van der Waals surface area contributed by atoms with Crippen molar-refractivity contribution in [1.29, 1.82) is 0 Å². The molecule has 1 aliphatic rings. The fraction of sp³-hybridized carbons (Fsp3) is 1.00. The minimum atomic E-state index is -1.83. The van der Waals surface area contributed by atoms with Gasteiger partial charge in [0, 0.05) is 13.0 Å². The second-order valence-electron chi connectivity index (χ2n) is 7.29. The van der Waals surface area contributed by atoms with Crippen LogP contribution in [0.4, 0.5) is 0 Å². The molecule has 22 heavy (non-hydrogen) atoms. The van der Waals surface area contributed by atoms with Crippen molar-refractivity contribution in [3.63, 3.8) is 0 Å². The highest BCUT2D eigenvalue weighted by molar-refractivity contribution is 6.77. The van der Waals surface area contributed by atoms with Crippen molar-refractivity contribution in [3.8, 4) is 0 Å². The van der Waals surface area contributed by atoms with Gasteiger partial charge in [-0.2, -0.15) is 0 Å². The van der Waals surface area contributed by atoms with Gasteiger partial charge in [-0.25, -0.2) is 9.78 Å². The summed E-state index contributed by atoms with van der Waals surface area (Å²) in [5.41, 5.74) is 1.70. The fourth-order valence-corrected chi connectivity index (χ4v) is 9.33. The average Bonchev–Trinajstić information content (AvgIpc) is 2.90. The van der Waals surface area contributed by atoms with Gasteiger partial charge in [-0.3, -0.25) is 0 Å². The smallest absolute Gasteiger partial charge is 0.200 e. The number of hydrogen-bond acceptors (Lipinski definition) is 5. The predicted molar refractivity (Wildman–Crippen MR) is 89.1 cm³/mol. The van der Waals surface area contributed by atoms with E-state index in [-0.39, 0.29) is 12.7 Å². The zero-order valence-electron chi connectivity index (χ0n) is 14.9. The van der Waals surface area contributed by atoms with Gasteiger partial charge < -0.3 is 14.6 Å². The van der Waals surface area contributed by atoms with Crippen LogP contribution in [0.15, 0.2) is 0 Å². The lowest BCUT2D eigenvalue weighted by molar-refractivity contribution is -0.309. The van der Waals surface area contributed by atoms with Gasteiger partial charge in [0.05, 0.1) is 12.7 Å². The van der Waals surface area contributed by atoms with E-state index in [0.29, 0.717) is 29.7 Å². The molecular formula is C16H34O5Si. The van der Waals surface area contributed by atoms with Gasteiger partial charge >= 0.3 is 0 Å². The first-order valence-corrected chi connectivity index (χ1v) is 10.6. The molecule has 0 aliphatic carbocycles. The molecule has 0 radical (unpaired) electrons.